The molecular weight excluding hydrogens is 166 g/mol. The van der Waals surface area contributed by atoms with Crippen molar-refractivity contribution in [2.45, 2.75) is 19.8 Å². The summed E-state index contributed by atoms with van der Waals surface area (Å²) < 4.78 is 5.14. The highest BCUT2D eigenvalue weighted by Crippen LogP contribution is 2.21. The predicted octanol–water partition coefficient (Wildman–Crippen LogP) is 1.16. The van der Waals surface area contributed by atoms with Crippen LogP contribution in [0.1, 0.15) is 19.8 Å². The highest BCUT2D eigenvalue weighted by atomic mass is 16.5. The summed E-state index contributed by atoms with van der Waals surface area (Å²) in [4.78, 5) is 13.6. The second kappa shape index (κ2) is 3.40. The van der Waals surface area contributed by atoms with Crippen LogP contribution in [0.25, 0.3) is 0 Å². The number of hydrogen-bond acceptors (Lipinski definition) is 2. The quantitative estimate of drug-likeness (QED) is 0.607. The summed E-state index contributed by atoms with van der Waals surface area (Å²) >= 11 is 0. The third-order valence-corrected chi connectivity index (χ3v) is 2.56. The number of likely N-dealkylation sites (tertiary alicyclic amines) is 1. The first kappa shape index (κ1) is 8.60. The average molecular weight is 181 g/mol. The van der Waals surface area contributed by atoms with Crippen LogP contribution in [-0.4, -0.2) is 30.5 Å². The monoisotopic (exact) mass is 181 g/mol. The summed E-state index contributed by atoms with van der Waals surface area (Å²) in [6, 6.07) is 0. The minimum absolute atomic E-state index is 0.179. The summed E-state index contributed by atoms with van der Waals surface area (Å²) in [5, 5.41) is 0. The summed E-state index contributed by atoms with van der Waals surface area (Å²) in [6.45, 7) is 4.75. The largest absolute Gasteiger partial charge is 0.501 e. The van der Waals surface area contributed by atoms with Crippen molar-refractivity contribution in [1.29, 1.82) is 0 Å². The van der Waals surface area contributed by atoms with E-state index in [-0.39, 0.29) is 5.91 Å². The molecule has 0 aliphatic carbocycles. The van der Waals surface area contributed by atoms with Crippen LogP contribution in [-0.2, 0) is 9.53 Å². The Balaban J connectivity index is 1.93. The molecule has 13 heavy (non-hydrogen) atoms. The first-order valence-corrected chi connectivity index (χ1v) is 4.87. The van der Waals surface area contributed by atoms with Gasteiger partial charge in [0.25, 0.3) is 5.91 Å². The molecule has 0 unspecified atom stereocenters. The van der Waals surface area contributed by atoms with Gasteiger partial charge in [0.05, 0.1) is 18.4 Å². The minimum atomic E-state index is 0.179. The molecular formula is C10H15NO2. The molecule has 2 heterocycles. The molecule has 1 fully saturated rings. The summed E-state index contributed by atoms with van der Waals surface area (Å²) in [6.07, 6.45) is 3.49. The Hall–Kier alpha value is -0.990. The van der Waals surface area contributed by atoms with Gasteiger partial charge in [-0.2, -0.15) is 0 Å². The first-order chi connectivity index (χ1) is 6.27. The molecule has 0 aromatic rings. The van der Waals surface area contributed by atoms with Gasteiger partial charge in [0, 0.05) is 13.1 Å². The molecule has 3 heteroatoms. The zero-order valence-electron chi connectivity index (χ0n) is 7.95. The topological polar surface area (TPSA) is 29.5 Å². The van der Waals surface area contributed by atoms with Crippen molar-refractivity contribution in [3.05, 3.63) is 11.8 Å². The van der Waals surface area contributed by atoms with Gasteiger partial charge in [0.1, 0.15) is 0 Å². The third-order valence-electron chi connectivity index (χ3n) is 2.56. The fraction of sp³-hybridized carbons (Fsp3) is 0.700. The maximum absolute atomic E-state index is 11.7. The zero-order chi connectivity index (χ0) is 9.26. The Kier molecular flexibility index (Phi) is 2.25. The van der Waals surface area contributed by atoms with E-state index in [1.165, 1.54) is 0 Å². The first-order valence-electron chi connectivity index (χ1n) is 4.87. The van der Waals surface area contributed by atoms with E-state index in [1.807, 2.05) is 4.90 Å². The normalized spacial score (nSPS) is 23.2. The molecule has 1 saturated heterocycles. The van der Waals surface area contributed by atoms with Gasteiger partial charge in [0.15, 0.2) is 0 Å². The Labute approximate surface area is 78.4 Å². The molecule has 2 aliphatic rings. The van der Waals surface area contributed by atoms with Crippen molar-refractivity contribution in [2.75, 3.05) is 19.7 Å². The second-order valence-electron chi connectivity index (χ2n) is 3.93. The maximum atomic E-state index is 11.7. The number of ether oxygens (including phenoxy) is 1. The number of carbonyl (C=O) groups excluding carboxylic acids is 1. The molecule has 3 nitrogen and oxygen atoms in total. The molecule has 72 valence electrons. The van der Waals surface area contributed by atoms with E-state index < -0.39 is 0 Å². The molecule has 2 aliphatic heterocycles. The van der Waals surface area contributed by atoms with Gasteiger partial charge >= 0.3 is 0 Å². The molecule has 0 aromatic carbocycles. The highest BCUT2D eigenvalue weighted by molar-refractivity contribution is 5.93. The van der Waals surface area contributed by atoms with Crippen molar-refractivity contribution in [3.63, 3.8) is 0 Å². The van der Waals surface area contributed by atoms with Crippen molar-refractivity contribution in [3.8, 4) is 0 Å². The fourth-order valence-electron chi connectivity index (χ4n) is 1.79. The molecule has 1 amide bonds. The lowest BCUT2D eigenvalue weighted by Crippen LogP contribution is -2.49. The van der Waals surface area contributed by atoms with E-state index in [1.54, 1.807) is 6.26 Å². The lowest BCUT2D eigenvalue weighted by atomic mass is 10.00. The number of amides is 1. The highest BCUT2D eigenvalue weighted by Gasteiger charge is 2.29. The number of nitrogens with zero attached hydrogens (tertiary/aromatic N) is 1. The standard InChI is InChI=1S/C10H15NO2/c1-8-5-11(6-8)10(12)9-3-2-4-13-7-9/h7-8H,2-6H2,1H3. The molecule has 0 bridgehead atoms. The lowest BCUT2D eigenvalue weighted by Gasteiger charge is -2.38. The molecule has 0 N–H and O–H groups in total. The average Bonchev–Trinajstić information content (AvgIpc) is 2.13. The van der Waals surface area contributed by atoms with Crippen LogP contribution < -0.4 is 0 Å². The zero-order valence-corrected chi connectivity index (χ0v) is 7.95. The van der Waals surface area contributed by atoms with Crippen LogP contribution >= 0.6 is 0 Å². The van der Waals surface area contributed by atoms with E-state index in [0.717, 1.165) is 38.1 Å². The van der Waals surface area contributed by atoms with Crippen molar-refractivity contribution in [2.24, 2.45) is 5.92 Å². The van der Waals surface area contributed by atoms with E-state index in [4.69, 9.17) is 4.74 Å². The second-order valence-corrected chi connectivity index (χ2v) is 3.93. The van der Waals surface area contributed by atoms with Crippen LogP contribution in [0.5, 0.6) is 0 Å². The van der Waals surface area contributed by atoms with E-state index in [0.29, 0.717) is 5.92 Å². The van der Waals surface area contributed by atoms with Crippen molar-refractivity contribution >= 4 is 5.91 Å². The van der Waals surface area contributed by atoms with E-state index >= 15 is 0 Å². The van der Waals surface area contributed by atoms with Gasteiger partial charge in [-0.15, -0.1) is 0 Å². The lowest BCUT2D eigenvalue weighted by molar-refractivity contribution is -0.133. The summed E-state index contributed by atoms with van der Waals surface area (Å²) in [5.41, 5.74) is 0.846. The van der Waals surface area contributed by atoms with E-state index in [2.05, 4.69) is 6.92 Å². The summed E-state index contributed by atoms with van der Waals surface area (Å²) in [7, 11) is 0. The van der Waals surface area contributed by atoms with Gasteiger partial charge in [-0.3, -0.25) is 4.79 Å². The molecule has 0 saturated carbocycles. The van der Waals surface area contributed by atoms with Crippen LogP contribution in [0.15, 0.2) is 11.8 Å². The van der Waals surface area contributed by atoms with Crippen molar-refractivity contribution in [1.82, 2.24) is 4.90 Å². The number of carbonyl (C=O) groups is 1. The number of hydrogen-bond donors (Lipinski definition) is 0. The fourth-order valence-corrected chi connectivity index (χ4v) is 1.79. The summed E-state index contributed by atoms with van der Waals surface area (Å²) in [5.74, 6) is 0.854. The van der Waals surface area contributed by atoms with Crippen LogP contribution in [0.3, 0.4) is 0 Å². The van der Waals surface area contributed by atoms with Crippen LogP contribution in [0.2, 0.25) is 0 Å². The van der Waals surface area contributed by atoms with Gasteiger partial charge in [-0.1, -0.05) is 6.92 Å². The molecule has 2 rings (SSSR count). The maximum Gasteiger partial charge on any atom is 0.252 e. The molecule has 0 aromatic heterocycles. The smallest absolute Gasteiger partial charge is 0.252 e. The van der Waals surface area contributed by atoms with Gasteiger partial charge < -0.3 is 9.64 Å². The van der Waals surface area contributed by atoms with Gasteiger partial charge in [0.2, 0.25) is 0 Å². The van der Waals surface area contributed by atoms with Gasteiger partial charge in [-0.25, -0.2) is 0 Å². The third kappa shape index (κ3) is 1.69. The van der Waals surface area contributed by atoms with E-state index in [9.17, 15) is 4.79 Å². The Morgan fingerprint density at radius 3 is 2.92 bits per heavy atom. The predicted molar refractivity (Wildman–Crippen MR) is 49.0 cm³/mol. The minimum Gasteiger partial charge on any atom is -0.501 e. The molecule has 0 atom stereocenters. The van der Waals surface area contributed by atoms with Crippen LogP contribution in [0.4, 0.5) is 0 Å². The molecule has 0 spiro atoms. The van der Waals surface area contributed by atoms with Gasteiger partial charge in [-0.05, 0) is 18.8 Å². The number of rotatable bonds is 1. The molecule has 0 radical (unpaired) electrons. The SMILES string of the molecule is CC1CN(C(=O)C2=COCCC2)C1. The van der Waals surface area contributed by atoms with Crippen molar-refractivity contribution < 1.29 is 9.53 Å². The Bertz CT molecular complexity index is 241. The van der Waals surface area contributed by atoms with Crippen LogP contribution in [0, 0.1) is 5.92 Å². The Morgan fingerprint density at radius 1 is 1.62 bits per heavy atom. The Morgan fingerprint density at radius 2 is 2.38 bits per heavy atom.